The van der Waals surface area contributed by atoms with Gasteiger partial charge in [0, 0.05) is 25.5 Å². The van der Waals surface area contributed by atoms with Crippen molar-refractivity contribution in [2.45, 2.75) is 32.3 Å². The third kappa shape index (κ3) is 2.87. The van der Waals surface area contributed by atoms with Crippen molar-refractivity contribution in [1.82, 2.24) is 0 Å². The molecule has 3 nitrogen and oxygen atoms in total. The van der Waals surface area contributed by atoms with Gasteiger partial charge < -0.3 is 15.6 Å². The van der Waals surface area contributed by atoms with E-state index in [0.29, 0.717) is 19.6 Å². The molecule has 1 fully saturated rings. The van der Waals surface area contributed by atoms with Gasteiger partial charge in [-0.3, -0.25) is 0 Å². The van der Waals surface area contributed by atoms with E-state index >= 15 is 0 Å². The van der Waals surface area contributed by atoms with Gasteiger partial charge in [0.15, 0.2) is 0 Å². The number of nitrogens with two attached hydrogens (primary N) is 1. The monoisotopic (exact) mass is 233 g/mol. The lowest BCUT2D eigenvalue weighted by atomic mass is 9.73. The molecule has 0 aliphatic carbocycles. The van der Waals surface area contributed by atoms with Gasteiger partial charge in [0.2, 0.25) is 0 Å². The highest BCUT2D eigenvalue weighted by atomic mass is 32.2. The molecule has 0 aromatic carbocycles. The van der Waals surface area contributed by atoms with Gasteiger partial charge in [0.1, 0.15) is 0 Å². The first-order valence-electron chi connectivity index (χ1n) is 5.61. The summed E-state index contributed by atoms with van der Waals surface area (Å²) in [7, 11) is 0. The molecule has 0 saturated carbocycles. The summed E-state index contributed by atoms with van der Waals surface area (Å²) in [6.07, 6.45) is 1.84. The molecule has 1 aliphatic heterocycles. The molecule has 1 atom stereocenters. The third-order valence-corrected chi connectivity index (χ3v) is 4.61. The van der Waals surface area contributed by atoms with Crippen LogP contribution in [0.1, 0.15) is 26.7 Å². The zero-order valence-electron chi connectivity index (χ0n) is 9.79. The average Bonchev–Trinajstić information content (AvgIpc) is 2.21. The molecule has 0 amide bonds. The zero-order valence-corrected chi connectivity index (χ0v) is 10.6. The molecule has 0 aromatic rings. The zero-order chi connectivity index (χ0) is 11.4. The van der Waals surface area contributed by atoms with Crippen LogP contribution >= 0.6 is 11.8 Å². The molecule has 1 saturated heterocycles. The quantitative estimate of drug-likeness (QED) is 0.702. The molecule has 15 heavy (non-hydrogen) atoms. The number of ether oxygens (including phenoxy) is 1. The Morgan fingerprint density at radius 3 is 2.73 bits per heavy atom. The van der Waals surface area contributed by atoms with Gasteiger partial charge in [-0.2, -0.15) is 11.8 Å². The van der Waals surface area contributed by atoms with Crippen molar-refractivity contribution in [2.75, 3.05) is 31.3 Å². The lowest BCUT2D eigenvalue weighted by Gasteiger charge is -2.49. The van der Waals surface area contributed by atoms with E-state index in [9.17, 15) is 0 Å². The van der Waals surface area contributed by atoms with Gasteiger partial charge in [-0.25, -0.2) is 0 Å². The van der Waals surface area contributed by atoms with Crippen LogP contribution in [0.25, 0.3) is 0 Å². The Hall–Kier alpha value is 0.230. The van der Waals surface area contributed by atoms with E-state index in [4.69, 9.17) is 15.6 Å². The first-order valence-corrected chi connectivity index (χ1v) is 6.76. The smallest absolute Gasteiger partial charge is 0.0944 e. The SMILES string of the molecule is CC1(C)CCSCC1(CN)OCCCO. The Morgan fingerprint density at radius 1 is 1.47 bits per heavy atom. The van der Waals surface area contributed by atoms with E-state index in [1.807, 2.05) is 11.8 Å². The van der Waals surface area contributed by atoms with Crippen LogP contribution < -0.4 is 5.73 Å². The highest BCUT2D eigenvalue weighted by Crippen LogP contribution is 2.44. The van der Waals surface area contributed by atoms with E-state index in [2.05, 4.69) is 13.8 Å². The van der Waals surface area contributed by atoms with Gasteiger partial charge in [0.05, 0.1) is 5.60 Å². The second-order valence-corrected chi connectivity index (χ2v) is 5.92. The highest BCUT2D eigenvalue weighted by Gasteiger charge is 2.46. The Balaban J connectivity index is 2.63. The molecule has 0 aromatic heterocycles. The fraction of sp³-hybridized carbons (Fsp3) is 1.00. The molecular formula is C11H23NO2S. The molecule has 3 N–H and O–H groups in total. The molecule has 90 valence electrons. The summed E-state index contributed by atoms with van der Waals surface area (Å²) in [5.74, 6) is 2.17. The minimum atomic E-state index is -0.203. The van der Waals surface area contributed by atoms with Crippen molar-refractivity contribution < 1.29 is 9.84 Å². The average molecular weight is 233 g/mol. The predicted octanol–water partition coefficient (Wildman–Crippen LogP) is 1.25. The number of aliphatic hydroxyl groups excluding tert-OH is 1. The molecule has 0 bridgehead atoms. The van der Waals surface area contributed by atoms with Crippen LogP contribution in [0.4, 0.5) is 0 Å². The molecule has 1 heterocycles. The summed E-state index contributed by atoms with van der Waals surface area (Å²) >= 11 is 1.92. The fourth-order valence-corrected chi connectivity index (χ4v) is 3.67. The molecule has 0 radical (unpaired) electrons. The Kier molecular flexibility index (Phi) is 4.90. The number of aliphatic hydroxyl groups is 1. The van der Waals surface area contributed by atoms with Gasteiger partial charge >= 0.3 is 0 Å². The maximum absolute atomic E-state index is 8.77. The fourth-order valence-electron chi connectivity index (χ4n) is 1.95. The van der Waals surface area contributed by atoms with Crippen LogP contribution in [-0.2, 0) is 4.74 Å². The van der Waals surface area contributed by atoms with E-state index in [0.717, 1.165) is 12.2 Å². The second-order valence-electron chi connectivity index (χ2n) is 4.81. The van der Waals surface area contributed by atoms with Crippen molar-refractivity contribution in [3.63, 3.8) is 0 Å². The largest absolute Gasteiger partial charge is 0.396 e. The maximum Gasteiger partial charge on any atom is 0.0944 e. The van der Waals surface area contributed by atoms with Crippen LogP contribution in [0.2, 0.25) is 0 Å². The Bertz CT molecular complexity index is 199. The standard InChI is InChI=1S/C11H23NO2S/c1-10(2)4-7-15-9-11(10,8-12)14-6-3-5-13/h13H,3-9,12H2,1-2H3. The molecule has 1 unspecified atom stereocenters. The first-order chi connectivity index (χ1) is 7.08. The van der Waals surface area contributed by atoms with Crippen molar-refractivity contribution >= 4 is 11.8 Å². The summed E-state index contributed by atoms with van der Waals surface area (Å²) in [6, 6.07) is 0. The molecule has 0 spiro atoms. The molecule has 1 rings (SSSR count). The number of hydrogen-bond acceptors (Lipinski definition) is 4. The van der Waals surface area contributed by atoms with Crippen LogP contribution in [0.5, 0.6) is 0 Å². The van der Waals surface area contributed by atoms with Crippen molar-refractivity contribution in [3.05, 3.63) is 0 Å². The number of rotatable bonds is 5. The molecule has 4 heteroatoms. The van der Waals surface area contributed by atoms with Crippen LogP contribution in [-0.4, -0.2) is 42.0 Å². The first kappa shape index (κ1) is 13.3. The van der Waals surface area contributed by atoms with Gasteiger partial charge in [-0.15, -0.1) is 0 Å². The second kappa shape index (κ2) is 5.53. The highest BCUT2D eigenvalue weighted by molar-refractivity contribution is 7.99. The summed E-state index contributed by atoms with van der Waals surface area (Å²) in [6.45, 7) is 5.83. The summed E-state index contributed by atoms with van der Waals surface area (Å²) in [5, 5.41) is 8.77. The van der Waals surface area contributed by atoms with Crippen molar-refractivity contribution in [3.8, 4) is 0 Å². The van der Waals surface area contributed by atoms with Crippen LogP contribution in [0, 0.1) is 5.41 Å². The lowest BCUT2D eigenvalue weighted by molar-refractivity contribution is -0.106. The van der Waals surface area contributed by atoms with Gasteiger partial charge in [-0.05, 0) is 24.0 Å². The molecule has 1 aliphatic rings. The normalized spacial score (nSPS) is 30.4. The van der Waals surface area contributed by atoms with Crippen LogP contribution in [0.15, 0.2) is 0 Å². The lowest BCUT2D eigenvalue weighted by Crippen LogP contribution is -2.57. The minimum Gasteiger partial charge on any atom is -0.396 e. The number of hydrogen-bond donors (Lipinski definition) is 2. The van der Waals surface area contributed by atoms with E-state index < -0.39 is 0 Å². The maximum atomic E-state index is 8.77. The van der Waals surface area contributed by atoms with Crippen LogP contribution in [0.3, 0.4) is 0 Å². The predicted molar refractivity (Wildman–Crippen MR) is 65.2 cm³/mol. The Labute approximate surface area is 96.8 Å². The molecular weight excluding hydrogens is 210 g/mol. The summed E-state index contributed by atoms with van der Waals surface area (Å²) in [5.41, 5.74) is 5.83. The minimum absolute atomic E-state index is 0.141. The van der Waals surface area contributed by atoms with E-state index in [1.54, 1.807) is 0 Å². The van der Waals surface area contributed by atoms with E-state index in [-0.39, 0.29) is 17.6 Å². The summed E-state index contributed by atoms with van der Waals surface area (Å²) in [4.78, 5) is 0. The topological polar surface area (TPSA) is 55.5 Å². The van der Waals surface area contributed by atoms with Gasteiger partial charge in [0.25, 0.3) is 0 Å². The third-order valence-electron chi connectivity index (χ3n) is 3.45. The number of thioether (sulfide) groups is 1. The summed E-state index contributed by atoms with van der Waals surface area (Å²) < 4.78 is 5.97. The van der Waals surface area contributed by atoms with E-state index in [1.165, 1.54) is 5.75 Å². The van der Waals surface area contributed by atoms with Gasteiger partial charge in [-0.1, -0.05) is 13.8 Å². The van der Waals surface area contributed by atoms with Crippen molar-refractivity contribution in [2.24, 2.45) is 11.1 Å². The Morgan fingerprint density at radius 2 is 2.20 bits per heavy atom. The van der Waals surface area contributed by atoms with Crippen molar-refractivity contribution in [1.29, 1.82) is 0 Å².